The summed E-state index contributed by atoms with van der Waals surface area (Å²) in [7, 11) is 0. The molecule has 2 rings (SSSR count). The maximum Gasteiger partial charge on any atom is 0.341 e. The highest BCUT2D eigenvalue weighted by Crippen LogP contribution is 2.34. The summed E-state index contributed by atoms with van der Waals surface area (Å²) >= 11 is 0. The molecule has 0 aliphatic rings. The lowest BCUT2D eigenvalue weighted by molar-refractivity contribution is -0.139. The number of carboxylic acid groups (broad SMARTS) is 1. The number of carbonyl (C=O) groups excluding carboxylic acids is 1. The minimum atomic E-state index is -1.01. The van der Waals surface area contributed by atoms with Crippen LogP contribution < -0.4 is 4.74 Å². The highest BCUT2D eigenvalue weighted by atomic mass is 16.5. The Morgan fingerprint density at radius 3 is 2.48 bits per heavy atom. The number of carboxylic acids is 1. The molecule has 148 valence electrons. The zero-order chi connectivity index (χ0) is 19.8. The number of aldehydes is 1. The monoisotopic (exact) mass is 373 g/mol. The Bertz CT molecular complexity index is 772. The topological polar surface area (TPSA) is 68.0 Å². The number of hydrogen-bond acceptors (Lipinski definition) is 3. The van der Waals surface area contributed by atoms with Crippen molar-refractivity contribution in [1.29, 1.82) is 0 Å². The van der Waals surface area contributed by atoms with E-state index >= 15 is 0 Å². The van der Waals surface area contributed by atoms with Gasteiger partial charge >= 0.3 is 5.97 Å². The zero-order valence-electron chi connectivity index (χ0n) is 16.7. The molecule has 0 aliphatic carbocycles. The lowest BCUT2D eigenvalue weighted by atomic mass is 9.91. The van der Waals surface area contributed by atoms with Crippen molar-refractivity contribution in [3.63, 3.8) is 0 Å². The van der Waals surface area contributed by atoms with E-state index in [1.165, 1.54) is 24.1 Å². The van der Waals surface area contributed by atoms with Gasteiger partial charge in [0.1, 0.15) is 12.0 Å². The SMILES string of the molecule is CCCC(CCC)Cc1c(CC)c(CC=O)c2c(OCC(=O)O)cccn12. The number of carbonyl (C=O) groups is 2. The molecule has 0 fully saturated rings. The highest BCUT2D eigenvalue weighted by molar-refractivity contribution is 5.76. The third-order valence-corrected chi connectivity index (χ3v) is 5.11. The summed E-state index contributed by atoms with van der Waals surface area (Å²) in [6, 6.07) is 3.66. The van der Waals surface area contributed by atoms with Gasteiger partial charge in [0.25, 0.3) is 0 Å². The van der Waals surface area contributed by atoms with Crippen LogP contribution in [0, 0.1) is 5.92 Å². The Labute approximate surface area is 161 Å². The molecule has 0 radical (unpaired) electrons. The standard InChI is InChI=1S/C22H31NO4/c1-4-8-16(9-5-2)14-19-17(6-3)18(11-13-24)22-20(27-15-21(25)26)10-7-12-23(19)22/h7,10,12-13,16H,4-6,8-9,11,14-15H2,1-3H3,(H,25,26). The Kier molecular flexibility index (Phi) is 7.89. The van der Waals surface area contributed by atoms with Gasteiger partial charge in [-0.3, -0.25) is 0 Å². The third-order valence-electron chi connectivity index (χ3n) is 5.11. The van der Waals surface area contributed by atoms with Gasteiger partial charge in [-0.2, -0.15) is 0 Å². The molecule has 2 aromatic heterocycles. The van der Waals surface area contributed by atoms with Crippen molar-refractivity contribution in [3.8, 4) is 5.75 Å². The predicted molar refractivity (Wildman–Crippen MR) is 107 cm³/mol. The average Bonchev–Trinajstić information content (AvgIpc) is 2.94. The maximum atomic E-state index is 11.4. The quantitative estimate of drug-likeness (QED) is 0.558. The Morgan fingerprint density at radius 1 is 1.22 bits per heavy atom. The van der Waals surface area contributed by atoms with Crippen LogP contribution in [0.3, 0.4) is 0 Å². The van der Waals surface area contributed by atoms with Crippen LogP contribution in [0.15, 0.2) is 18.3 Å². The number of ether oxygens (including phenoxy) is 1. The first kappa shape index (κ1) is 21.0. The Hall–Kier alpha value is -2.30. The van der Waals surface area contributed by atoms with Gasteiger partial charge < -0.3 is 19.0 Å². The molecule has 0 saturated carbocycles. The second-order valence-corrected chi connectivity index (χ2v) is 7.05. The summed E-state index contributed by atoms with van der Waals surface area (Å²) < 4.78 is 7.66. The third kappa shape index (κ3) is 4.90. The average molecular weight is 373 g/mol. The molecule has 1 N–H and O–H groups in total. The minimum Gasteiger partial charge on any atom is -0.480 e. The summed E-state index contributed by atoms with van der Waals surface area (Å²) in [6.07, 6.45) is 9.71. The molecule has 0 bridgehead atoms. The van der Waals surface area contributed by atoms with Crippen molar-refractivity contribution in [3.05, 3.63) is 35.2 Å². The van der Waals surface area contributed by atoms with E-state index in [-0.39, 0.29) is 0 Å². The molecule has 5 nitrogen and oxygen atoms in total. The van der Waals surface area contributed by atoms with E-state index in [0.717, 1.165) is 43.0 Å². The molecule has 0 unspecified atom stereocenters. The van der Waals surface area contributed by atoms with Gasteiger partial charge in [-0.05, 0) is 42.0 Å². The lowest BCUT2D eigenvalue weighted by Gasteiger charge is -2.17. The van der Waals surface area contributed by atoms with E-state index in [2.05, 4.69) is 25.2 Å². The first-order valence-electron chi connectivity index (χ1n) is 9.99. The van der Waals surface area contributed by atoms with Crippen LogP contribution in [0.5, 0.6) is 5.75 Å². The van der Waals surface area contributed by atoms with E-state index in [1.807, 2.05) is 12.3 Å². The predicted octanol–water partition coefficient (Wildman–Crippen LogP) is 4.47. The van der Waals surface area contributed by atoms with E-state index in [9.17, 15) is 9.59 Å². The van der Waals surface area contributed by atoms with Crippen molar-refractivity contribution in [2.24, 2.45) is 5.92 Å². The summed E-state index contributed by atoms with van der Waals surface area (Å²) in [6.45, 7) is 6.15. The molecule has 0 amide bonds. The zero-order valence-corrected chi connectivity index (χ0v) is 16.7. The number of pyridine rings is 1. The van der Waals surface area contributed by atoms with Gasteiger partial charge in [-0.15, -0.1) is 0 Å². The summed E-state index contributed by atoms with van der Waals surface area (Å²) in [5.74, 6) is 0.124. The molecule has 2 heterocycles. The molecule has 0 aliphatic heterocycles. The second-order valence-electron chi connectivity index (χ2n) is 7.05. The molecule has 27 heavy (non-hydrogen) atoms. The van der Waals surface area contributed by atoms with Crippen LogP contribution >= 0.6 is 0 Å². The van der Waals surface area contributed by atoms with E-state index in [0.29, 0.717) is 18.1 Å². The normalized spacial score (nSPS) is 11.3. The molecule has 0 saturated heterocycles. The second kappa shape index (κ2) is 10.1. The summed E-state index contributed by atoms with van der Waals surface area (Å²) in [4.78, 5) is 22.3. The van der Waals surface area contributed by atoms with Crippen molar-refractivity contribution < 1.29 is 19.4 Å². The summed E-state index contributed by atoms with van der Waals surface area (Å²) in [5.41, 5.74) is 4.24. The number of rotatable bonds is 12. The summed E-state index contributed by atoms with van der Waals surface area (Å²) in [5, 5.41) is 8.97. The smallest absolute Gasteiger partial charge is 0.341 e. The number of nitrogens with zero attached hydrogens (tertiary/aromatic N) is 1. The van der Waals surface area contributed by atoms with Crippen LogP contribution in [-0.2, 0) is 28.9 Å². The molecular weight excluding hydrogens is 342 g/mol. The molecule has 0 spiro atoms. The van der Waals surface area contributed by atoms with Gasteiger partial charge in [0, 0.05) is 18.3 Å². The highest BCUT2D eigenvalue weighted by Gasteiger charge is 2.22. The van der Waals surface area contributed by atoms with Crippen molar-refractivity contribution in [1.82, 2.24) is 4.40 Å². The fraction of sp³-hybridized carbons (Fsp3) is 0.545. The minimum absolute atomic E-state index is 0.312. The van der Waals surface area contributed by atoms with Gasteiger partial charge in [-0.1, -0.05) is 46.5 Å². The number of aromatic nitrogens is 1. The van der Waals surface area contributed by atoms with Crippen LogP contribution in [0.4, 0.5) is 0 Å². The Balaban J connectivity index is 2.59. The van der Waals surface area contributed by atoms with E-state index < -0.39 is 12.6 Å². The number of aliphatic carboxylic acids is 1. The fourth-order valence-electron chi connectivity index (χ4n) is 4.11. The largest absolute Gasteiger partial charge is 0.480 e. The van der Waals surface area contributed by atoms with Crippen molar-refractivity contribution in [2.45, 2.75) is 65.7 Å². The molecule has 2 aromatic rings. The van der Waals surface area contributed by atoms with Gasteiger partial charge in [0.2, 0.25) is 0 Å². The maximum absolute atomic E-state index is 11.4. The number of fused-ring (bicyclic) bond motifs is 1. The van der Waals surface area contributed by atoms with Gasteiger partial charge in [0.15, 0.2) is 6.61 Å². The van der Waals surface area contributed by atoms with Crippen LogP contribution in [0.1, 0.15) is 63.3 Å². The fourth-order valence-corrected chi connectivity index (χ4v) is 4.11. The lowest BCUT2D eigenvalue weighted by Crippen LogP contribution is -2.10. The molecule has 5 heteroatoms. The molecule has 0 aromatic carbocycles. The van der Waals surface area contributed by atoms with Gasteiger partial charge in [0.05, 0.1) is 5.52 Å². The first-order chi connectivity index (χ1) is 13.1. The van der Waals surface area contributed by atoms with E-state index in [1.54, 1.807) is 6.07 Å². The Morgan fingerprint density at radius 2 is 1.93 bits per heavy atom. The van der Waals surface area contributed by atoms with E-state index in [4.69, 9.17) is 9.84 Å². The number of hydrogen-bond donors (Lipinski definition) is 1. The first-order valence-corrected chi connectivity index (χ1v) is 9.99. The van der Waals surface area contributed by atoms with Crippen molar-refractivity contribution >= 4 is 17.8 Å². The van der Waals surface area contributed by atoms with Crippen molar-refractivity contribution in [2.75, 3.05) is 6.61 Å². The molecular formula is C22H31NO4. The molecule has 0 atom stereocenters. The van der Waals surface area contributed by atoms with Crippen LogP contribution in [-0.4, -0.2) is 28.4 Å². The van der Waals surface area contributed by atoms with Gasteiger partial charge in [-0.25, -0.2) is 4.79 Å². The van der Waals surface area contributed by atoms with Crippen LogP contribution in [0.2, 0.25) is 0 Å². The van der Waals surface area contributed by atoms with Crippen LogP contribution in [0.25, 0.3) is 5.52 Å².